The largest absolute Gasteiger partial charge is 0.493 e. The Labute approximate surface area is 214 Å². The van der Waals surface area contributed by atoms with Crippen LogP contribution in [0.3, 0.4) is 0 Å². The number of rotatable bonds is 8. The zero-order valence-corrected chi connectivity index (χ0v) is 20.4. The van der Waals surface area contributed by atoms with Crippen LogP contribution in [0.15, 0.2) is 65.6 Å². The normalized spacial score (nSPS) is 14.2. The molecule has 0 saturated carbocycles. The number of nitro groups is 2. The van der Waals surface area contributed by atoms with Crippen molar-refractivity contribution in [3.63, 3.8) is 0 Å². The van der Waals surface area contributed by atoms with E-state index in [1.807, 2.05) is 31.2 Å². The number of non-ortho nitro benzene ring substituents is 1. The highest BCUT2D eigenvalue weighted by Gasteiger charge is 2.35. The van der Waals surface area contributed by atoms with Crippen molar-refractivity contribution >= 4 is 40.4 Å². The van der Waals surface area contributed by atoms with Gasteiger partial charge in [-0.25, -0.2) is 0 Å². The minimum Gasteiger partial charge on any atom is -0.493 e. The fraction of sp³-hybridized carbons (Fsp3) is 0.120. The number of nitrogens with zero attached hydrogens (tertiary/aromatic N) is 3. The number of methoxy groups -OCH3 is 1. The molecule has 11 nitrogen and oxygen atoms in total. The van der Waals surface area contributed by atoms with Gasteiger partial charge in [-0.1, -0.05) is 35.9 Å². The number of hydrogen-bond acceptors (Lipinski definition) is 9. The van der Waals surface area contributed by atoms with Crippen molar-refractivity contribution in [1.29, 1.82) is 0 Å². The summed E-state index contributed by atoms with van der Waals surface area (Å²) in [5, 5.41) is 22.1. The molecule has 0 N–H and O–H groups in total. The maximum atomic E-state index is 12.9. The SMILES string of the molecule is COc1ccc(/C=C2\SC(=O)N(Cc3ccc(C)cc3)C2=O)cc1Oc1ccc([N+](=O)[O-])cc1[N+](=O)[O-]. The van der Waals surface area contributed by atoms with Crippen LogP contribution in [0.5, 0.6) is 17.2 Å². The Balaban J connectivity index is 1.61. The molecule has 1 aliphatic heterocycles. The van der Waals surface area contributed by atoms with E-state index < -0.39 is 32.4 Å². The van der Waals surface area contributed by atoms with Crippen molar-refractivity contribution in [2.75, 3.05) is 7.11 Å². The Bertz CT molecular complexity index is 1450. The third kappa shape index (κ3) is 5.59. The summed E-state index contributed by atoms with van der Waals surface area (Å²) in [5.41, 5.74) is 1.30. The maximum Gasteiger partial charge on any atom is 0.318 e. The van der Waals surface area contributed by atoms with Gasteiger partial charge in [-0.3, -0.25) is 34.7 Å². The van der Waals surface area contributed by atoms with Gasteiger partial charge in [0.1, 0.15) is 0 Å². The van der Waals surface area contributed by atoms with Gasteiger partial charge in [-0.15, -0.1) is 0 Å². The molecule has 0 atom stereocenters. The van der Waals surface area contributed by atoms with Crippen LogP contribution < -0.4 is 9.47 Å². The lowest BCUT2D eigenvalue weighted by Gasteiger charge is -2.13. The number of aryl methyl sites for hydroxylation is 1. The van der Waals surface area contributed by atoms with Crippen molar-refractivity contribution in [3.05, 3.63) is 102 Å². The number of carbonyl (C=O) groups is 2. The van der Waals surface area contributed by atoms with Crippen molar-refractivity contribution in [1.82, 2.24) is 4.90 Å². The molecule has 0 bridgehead atoms. The first kappa shape index (κ1) is 25.4. The molecule has 0 unspecified atom stereocenters. The van der Waals surface area contributed by atoms with Crippen LogP contribution in [-0.2, 0) is 11.3 Å². The first-order valence-corrected chi connectivity index (χ1v) is 11.6. The molecule has 1 aliphatic rings. The zero-order valence-electron chi connectivity index (χ0n) is 19.6. The van der Waals surface area contributed by atoms with Gasteiger partial charge in [0.05, 0.1) is 34.5 Å². The second-order valence-corrected chi connectivity index (χ2v) is 8.93. The van der Waals surface area contributed by atoms with Crippen molar-refractivity contribution < 1.29 is 28.9 Å². The molecule has 1 fully saturated rings. The first-order chi connectivity index (χ1) is 17.7. The minimum atomic E-state index is -0.789. The smallest absolute Gasteiger partial charge is 0.318 e. The summed E-state index contributed by atoms with van der Waals surface area (Å²) < 4.78 is 11.0. The molecule has 0 aromatic heterocycles. The maximum absolute atomic E-state index is 12.9. The van der Waals surface area contributed by atoms with Crippen molar-refractivity contribution in [2.45, 2.75) is 13.5 Å². The van der Waals surface area contributed by atoms with E-state index >= 15 is 0 Å². The molecule has 37 heavy (non-hydrogen) atoms. The highest BCUT2D eigenvalue weighted by Crippen LogP contribution is 2.40. The second-order valence-electron chi connectivity index (χ2n) is 7.93. The summed E-state index contributed by atoms with van der Waals surface area (Å²) in [6.45, 7) is 2.09. The number of benzene rings is 3. The van der Waals surface area contributed by atoms with Gasteiger partial charge in [-0.2, -0.15) is 0 Å². The fourth-order valence-corrected chi connectivity index (χ4v) is 4.33. The van der Waals surface area contributed by atoms with E-state index in [1.54, 1.807) is 6.07 Å². The van der Waals surface area contributed by atoms with Crippen molar-refractivity contribution in [2.24, 2.45) is 0 Å². The van der Waals surface area contributed by atoms with Crippen LogP contribution in [0, 0.1) is 27.2 Å². The third-order valence-electron chi connectivity index (χ3n) is 5.39. The van der Waals surface area contributed by atoms with Crippen LogP contribution >= 0.6 is 11.8 Å². The molecule has 0 aliphatic carbocycles. The van der Waals surface area contributed by atoms with Gasteiger partial charge in [0.2, 0.25) is 5.75 Å². The monoisotopic (exact) mass is 521 g/mol. The molecular weight excluding hydrogens is 502 g/mol. The summed E-state index contributed by atoms with van der Waals surface area (Å²) in [5.74, 6) is -0.367. The van der Waals surface area contributed by atoms with Gasteiger partial charge >= 0.3 is 5.69 Å². The van der Waals surface area contributed by atoms with E-state index in [1.165, 1.54) is 25.3 Å². The predicted octanol–water partition coefficient (Wildman–Crippen LogP) is 5.85. The van der Waals surface area contributed by atoms with E-state index in [0.29, 0.717) is 5.56 Å². The minimum absolute atomic E-state index is 0.0760. The zero-order chi connectivity index (χ0) is 26.7. The molecule has 0 radical (unpaired) electrons. The van der Waals surface area contributed by atoms with E-state index in [2.05, 4.69) is 0 Å². The Morgan fingerprint density at radius 3 is 2.27 bits per heavy atom. The van der Waals surface area contributed by atoms with Gasteiger partial charge in [-0.05, 0) is 54.1 Å². The first-order valence-electron chi connectivity index (χ1n) is 10.8. The average molecular weight is 522 g/mol. The second kappa shape index (κ2) is 10.5. The molecule has 0 spiro atoms. The summed E-state index contributed by atoms with van der Waals surface area (Å²) in [6.07, 6.45) is 1.51. The Kier molecular flexibility index (Phi) is 7.20. The lowest BCUT2D eigenvalue weighted by Crippen LogP contribution is -2.27. The Morgan fingerprint density at radius 2 is 1.62 bits per heavy atom. The number of hydrogen-bond donors (Lipinski definition) is 0. The van der Waals surface area contributed by atoms with Gasteiger partial charge < -0.3 is 9.47 Å². The Morgan fingerprint density at radius 1 is 0.919 bits per heavy atom. The van der Waals surface area contributed by atoms with Crippen LogP contribution in [0.25, 0.3) is 6.08 Å². The molecule has 1 heterocycles. The number of amides is 2. The van der Waals surface area contributed by atoms with Crippen molar-refractivity contribution in [3.8, 4) is 17.2 Å². The highest BCUT2D eigenvalue weighted by atomic mass is 32.2. The molecule has 188 valence electrons. The molecule has 4 rings (SSSR count). The number of thioether (sulfide) groups is 1. The van der Waals surface area contributed by atoms with E-state index in [0.717, 1.165) is 46.0 Å². The summed E-state index contributed by atoms with van der Waals surface area (Å²) in [7, 11) is 1.38. The molecular formula is C25H19N3O8S. The summed E-state index contributed by atoms with van der Waals surface area (Å²) in [4.78, 5) is 47.7. The lowest BCUT2D eigenvalue weighted by molar-refractivity contribution is -0.394. The standard InChI is InChI=1S/C25H19N3O8S/c1-15-3-5-16(6-4-15)14-26-24(29)23(37-25(26)30)12-17-7-9-21(35-2)22(11-17)36-20-10-8-18(27(31)32)13-19(20)28(33)34/h3-13H,14H2,1-2H3/b23-12-. The number of imide groups is 1. The molecule has 3 aromatic rings. The third-order valence-corrected chi connectivity index (χ3v) is 6.30. The van der Waals surface area contributed by atoms with Crippen LogP contribution in [0.2, 0.25) is 0 Å². The van der Waals surface area contributed by atoms with Crippen LogP contribution in [-0.4, -0.2) is 33.0 Å². The topological polar surface area (TPSA) is 142 Å². The van der Waals surface area contributed by atoms with Crippen LogP contribution in [0.1, 0.15) is 16.7 Å². The summed E-state index contributed by atoms with van der Waals surface area (Å²) in [6, 6.07) is 15.2. The van der Waals surface area contributed by atoms with Crippen LogP contribution in [0.4, 0.5) is 16.2 Å². The van der Waals surface area contributed by atoms with Gasteiger partial charge in [0.25, 0.3) is 16.8 Å². The van der Waals surface area contributed by atoms with Gasteiger partial charge in [0.15, 0.2) is 11.5 Å². The lowest BCUT2D eigenvalue weighted by atomic mass is 10.1. The number of carbonyl (C=O) groups excluding carboxylic acids is 2. The van der Waals surface area contributed by atoms with E-state index in [-0.39, 0.29) is 28.7 Å². The highest BCUT2D eigenvalue weighted by molar-refractivity contribution is 8.18. The number of nitro benzene ring substituents is 2. The number of ether oxygens (including phenoxy) is 2. The molecule has 12 heteroatoms. The van der Waals surface area contributed by atoms with Gasteiger partial charge in [0, 0.05) is 6.07 Å². The summed E-state index contributed by atoms with van der Waals surface area (Å²) >= 11 is 0.803. The molecule has 2 amide bonds. The average Bonchev–Trinajstić information content (AvgIpc) is 3.12. The fourth-order valence-electron chi connectivity index (χ4n) is 3.49. The predicted molar refractivity (Wildman–Crippen MR) is 136 cm³/mol. The van der Waals surface area contributed by atoms with E-state index in [9.17, 15) is 29.8 Å². The molecule has 1 saturated heterocycles. The Hall–Kier alpha value is -4.71. The quantitative estimate of drug-likeness (QED) is 0.203. The van der Waals surface area contributed by atoms with E-state index in [4.69, 9.17) is 9.47 Å². The molecule has 3 aromatic carbocycles.